The molecule has 2 aromatic carbocycles. The molecule has 0 aromatic heterocycles. The molecule has 3 amide bonds. The highest BCUT2D eigenvalue weighted by Gasteiger charge is 2.41. The van der Waals surface area contributed by atoms with Crippen LogP contribution in [0.5, 0.6) is 0 Å². The molecule has 2 heterocycles. The fraction of sp³-hybridized carbons (Fsp3) is 0.304. The van der Waals surface area contributed by atoms with E-state index in [2.05, 4.69) is 0 Å². The Morgan fingerprint density at radius 3 is 2.66 bits per heavy atom. The Morgan fingerprint density at radius 2 is 1.94 bits per heavy atom. The third kappa shape index (κ3) is 4.14. The summed E-state index contributed by atoms with van der Waals surface area (Å²) in [7, 11) is 0. The first-order valence-electron chi connectivity index (χ1n) is 11.7. The number of fused-ring (bicyclic) bond motifs is 1. The van der Waals surface area contributed by atoms with Crippen LogP contribution in [0.15, 0.2) is 42.5 Å². The molecule has 6 nitrogen and oxygen atoms in total. The summed E-state index contributed by atoms with van der Waals surface area (Å²) in [5, 5.41) is 2.02. The van der Waals surface area contributed by atoms with Crippen LogP contribution in [0.1, 0.15) is 51.7 Å². The fourth-order valence-electron chi connectivity index (χ4n) is 3.55. The number of rotatable bonds is 6. The minimum atomic E-state index is -3.73. The van der Waals surface area contributed by atoms with E-state index in [-0.39, 0.29) is 23.6 Å². The second-order valence-corrected chi connectivity index (χ2v) is 7.78. The molecule has 32 heavy (non-hydrogen) atoms. The van der Waals surface area contributed by atoms with Gasteiger partial charge in [-0.15, -0.1) is 0 Å². The zero-order valence-electron chi connectivity index (χ0n) is 20.5. The number of alkyl halides is 2. The first kappa shape index (κ1) is 17.4. The van der Waals surface area contributed by atoms with Crippen molar-refractivity contribution in [3.8, 4) is 0 Å². The molecule has 2 aliphatic rings. The van der Waals surface area contributed by atoms with Crippen molar-refractivity contribution in [2.75, 3.05) is 0 Å². The number of nitrogens with zero attached hydrogens (tertiary/aromatic N) is 1. The zero-order valence-corrected chi connectivity index (χ0v) is 17.2. The van der Waals surface area contributed by atoms with Crippen LogP contribution in [0.2, 0.25) is 5.02 Å². The van der Waals surface area contributed by atoms with Gasteiger partial charge in [-0.05, 0) is 42.1 Å². The summed E-state index contributed by atoms with van der Waals surface area (Å²) in [5.41, 5.74) is 0.305. The lowest BCUT2D eigenvalue weighted by Gasteiger charge is -2.29. The lowest BCUT2D eigenvalue weighted by atomic mass is 9.97. The Kier molecular flexibility index (Phi) is 4.59. The SMILES string of the molecule is [2H]C1C(=O)NC(=O)[C@@]([2H])(N2Cc3cc(CCC(=O)C(F)(F)c4ccc(Cl)cc4)ccc3C2=O)C1([2H])[2H]. The molecule has 9 heteroatoms. The molecule has 2 aliphatic heterocycles. The third-order valence-electron chi connectivity index (χ3n) is 5.23. The number of carbonyl (C=O) groups is 4. The number of halogens is 3. The van der Waals surface area contributed by atoms with E-state index >= 15 is 0 Å². The van der Waals surface area contributed by atoms with Crippen molar-refractivity contribution < 1.29 is 33.4 Å². The lowest BCUT2D eigenvalue weighted by Crippen LogP contribution is -2.52. The van der Waals surface area contributed by atoms with Gasteiger partial charge >= 0.3 is 5.92 Å². The normalized spacial score (nSPS) is 26.5. The largest absolute Gasteiger partial charge is 0.330 e. The quantitative estimate of drug-likeness (QED) is 0.664. The van der Waals surface area contributed by atoms with Crippen molar-refractivity contribution in [2.45, 2.75) is 44.1 Å². The van der Waals surface area contributed by atoms with Crippen molar-refractivity contribution in [1.29, 1.82) is 0 Å². The van der Waals surface area contributed by atoms with Crippen LogP contribution < -0.4 is 5.32 Å². The van der Waals surface area contributed by atoms with E-state index in [4.69, 9.17) is 17.1 Å². The first-order chi connectivity index (χ1) is 16.7. The summed E-state index contributed by atoms with van der Waals surface area (Å²) < 4.78 is 61.6. The number of imide groups is 1. The topological polar surface area (TPSA) is 83.6 Å². The number of carbonyl (C=O) groups excluding carboxylic acids is 4. The van der Waals surface area contributed by atoms with Crippen LogP contribution in [0.4, 0.5) is 8.78 Å². The number of Topliss-reactive ketones (excluding diaryl/α,β-unsaturated/α-hetero) is 1. The second-order valence-electron chi connectivity index (χ2n) is 7.34. The van der Waals surface area contributed by atoms with E-state index in [0.29, 0.717) is 16.0 Å². The van der Waals surface area contributed by atoms with E-state index in [1.165, 1.54) is 30.3 Å². The van der Waals surface area contributed by atoms with Crippen molar-refractivity contribution in [3.05, 3.63) is 69.7 Å². The summed E-state index contributed by atoms with van der Waals surface area (Å²) >= 11 is 5.71. The van der Waals surface area contributed by atoms with Gasteiger partial charge in [-0.3, -0.25) is 24.5 Å². The van der Waals surface area contributed by atoms with E-state index in [0.717, 1.165) is 12.1 Å². The molecular formula is C23H19ClF2N2O4. The molecule has 0 saturated carbocycles. The monoisotopic (exact) mass is 464 g/mol. The summed E-state index contributed by atoms with van der Waals surface area (Å²) in [6.07, 6.45) is -5.72. The number of hydrogen-bond acceptors (Lipinski definition) is 4. The average Bonchev–Trinajstić information content (AvgIpc) is 3.16. The minimum absolute atomic E-state index is 0.0604. The maximum absolute atomic E-state index is 14.5. The molecule has 2 atom stereocenters. The van der Waals surface area contributed by atoms with Gasteiger partial charge in [0.05, 0.1) is 1.37 Å². The van der Waals surface area contributed by atoms with Gasteiger partial charge in [0.1, 0.15) is 6.02 Å². The van der Waals surface area contributed by atoms with Crippen LogP contribution in [0.3, 0.4) is 0 Å². The van der Waals surface area contributed by atoms with E-state index in [1.54, 1.807) is 5.32 Å². The molecule has 0 bridgehead atoms. The van der Waals surface area contributed by atoms with Gasteiger partial charge in [0.2, 0.25) is 17.6 Å². The predicted molar refractivity (Wildman–Crippen MR) is 111 cm³/mol. The highest BCUT2D eigenvalue weighted by atomic mass is 35.5. The van der Waals surface area contributed by atoms with Crippen LogP contribution in [0.25, 0.3) is 0 Å². The molecule has 0 spiro atoms. The Labute approximate surface area is 193 Å². The summed E-state index contributed by atoms with van der Waals surface area (Å²) in [4.78, 5) is 50.1. The predicted octanol–water partition coefficient (Wildman–Crippen LogP) is 3.39. The number of benzene rings is 2. The summed E-state index contributed by atoms with van der Waals surface area (Å²) in [5.74, 6) is -8.46. The number of piperidine rings is 1. The average molecular weight is 465 g/mol. The highest BCUT2D eigenvalue weighted by Crippen LogP contribution is 2.32. The second kappa shape index (κ2) is 8.43. The Hall–Kier alpha value is -3.13. The van der Waals surface area contributed by atoms with Crippen molar-refractivity contribution >= 4 is 35.1 Å². The maximum atomic E-state index is 14.5. The lowest BCUT2D eigenvalue weighted by molar-refractivity contribution is -0.144. The van der Waals surface area contributed by atoms with E-state index in [9.17, 15) is 28.0 Å². The minimum Gasteiger partial charge on any atom is -0.322 e. The number of hydrogen-bond donors (Lipinski definition) is 1. The molecule has 2 aromatic rings. The van der Waals surface area contributed by atoms with Crippen LogP contribution in [-0.2, 0) is 33.3 Å². The maximum Gasteiger partial charge on any atom is 0.330 e. The number of amides is 3. The molecule has 1 fully saturated rings. The standard InChI is InChI=1S/C23H19ClF2N2O4/c24-16-5-3-15(4-6-16)23(25,26)19(29)9-2-13-1-7-17-14(11-13)12-28(22(17)32)18-8-10-20(30)27-21(18)31/h1,3-7,11,18H,2,8-10,12H2,(H,27,30,31)/t18-/m0/s1/i8D2,10D,18D/t10?,18-. The Bertz CT molecular complexity index is 1290. The molecular weight excluding hydrogens is 442 g/mol. The van der Waals surface area contributed by atoms with Crippen molar-refractivity contribution in [3.63, 3.8) is 0 Å². The van der Waals surface area contributed by atoms with Crippen LogP contribution in [-0.4, -0.2) is 34.4 Å². The van der Waals surface area contributed by atoms with Gasteiger partial charge in [0.25, 0.3) is 5.91 Å². The van der Waals surface area contributed by atoms with E-state index in [1.807, 2.05) is 0 Å². The molecule has 1 saturated heterocycles. The van der Waals surface area contributed by atoms with Crippen LogP contribution >= 0.6 is 11.6 Å². The molecule has 166 valence electrons. The van der Waals surface area contributed by atoms with Gasteiger partial charge in [0, 0.05) is 39.6 Å². The molecule has 1 N–H and O–H groups in total. The third-order valence-corrected chi connectivity index (χ3v) is 5.49. The number of nitrogens with one attached hydrogen (secondary N) is 1. The smallest absolute Gasteiger partial charge is 0.322 e. The Balaban J connectivity index is 1.52. The van der Waals surface area contributed by atoms with Crippen molar-refractivity contribution in [1.82, 2.24) is 10.2 Å². The first-order valence-corrected chi connectivity index (χ1v) is 9.97. The Morgan fingerprint density at radius 1 is 1.22 bits per heavy atom. The number of ketones is 1. The molecule has 0 aliphatic carbocycles. The molecule has 1 unspecified atom stereocenters. The van der Waals surface area contributed by atoms with Crippen LogP contribution in [0, 0.1) is 0 Å². The number of aryl methyl sites for hydroxylation is 1. The molecule has 4 rings (SSSR count). The zero-order chi connectivity index (χ0) is 26.6. The van der Waals surface area contributed by atoms with Gasteiger partial charge in [0.15, 0.2) is 0 Å². The van der Waals surface area contributed by atoms with Gasteiger partial charge < -0.3 is 4.90 Å². The highest BCUT2D eigenvalue weighted by molar-refractivity contribution is 6.30. The summed E-state index contributed by atoms with van der Waals surface area (Å²) in [6, 6.07) is 6.02. The van der Waals surface area contributed by atoms with Crippen molar-refractivity contribution in [2.24, 2.45) is 0 Å². The molecule has 0 radical (unpaired) electrons. The summed E-state index contributed by atoms with van der Waals surface area (Å²) in [6.45, 7) is -0.381. The van der Waals surface area contributed by atoms with Gasteiger partial charge in [-0.25, -0.2) is 0 Å². The fourth-order valence-corrected chi connectivity index (χ4v) is 3.68. The van der Waals surface area contributed by atoms with Gasteiger partial charge in [-0.2, -0.15) is 8.78 Å². The van der Waals surface area contributed by atoms with E-state index < -0.39 is 60.2 Å². The van der Waals surface area contributed by atoms with Gasteiger partial charge in [-0.1, -0.05) is 35.9 Å².